The van der Waals surface area contributed by atoms with Gasteiger partial charge < -0.3 is 5.32 Å². The Bertz CT molecular complexity index is 457. The van der Waals surface area contributed by atoms with Crippen molar-refractivity contribution in [2.45, 2.75) is 0 Å². The summed E-state index contributed by atoms with van der Waals surface area (Å²) < 4.78 is 3.57. The molecule has 0 unspecified atom stereocenters. The molecule has 8 heteroatoms. The van der Waals surface area contributed by atoms with Crippen LogP contribution in [-0.2, 0) is 0 Å². The number of hydrogen-bond acceptors (Lipinski definition) is 6. The second kappa shape index (κ2) is 4.28. The van der Waals surface area contributed by atoms with Crippen molar-refractivity contribution < 1.29 is 4.79 Å². The number of carbonyl (C=O) groups excluding carboxylic acids is 1. The molecule has 0 atom stereocenters. The third-order valence-electron chi connectivity index (χ3n) is 1.45. The Morgan fingerprint density at radius 3 is 2.87 bits per heavy atom. The third kappa shape index (κ3) is 2.45. The summed E-state index contributed by atoms with van der Waals surface area (Å²) in [4.78, 5) is 19.1. The van der Waals surface area contributed by atoms with E-state index in [9.17, 15) is 4.79 Å². The molecule has 0 saturated heterocycles. The minimum absolute atomic E-state index is 0.247. The van der Waals surface area contributed by atoms with Crippen molar-refractivity contribution >= 4 is 34.9 Å². The van der Waals surface area contributed by atoms with Gasteiger partial charge in [-0.3, -0.25) is 4.79 Å². The molecule has 76 valence electrons. The fraction of sp³-hybridized carbons (Fsp3) is 0. The van der Waals surface area contributed by atoms with Gasteiger partial charge in [0.2, 0.25) is 0 Å². The van der Waals surface area contributed by atoms with Gasteiger partial charge in [-0.05, 0) is 11.5 Å². The fourth-order valence-electron chi connectivity index (χ4n) is 0.821. The first-order valence-corrected chi connectivity index (χ1v) is 5.03. The molecule has 2 aromatic rings. The number of carbonyl (C=O) groups is 1. The summed E-state index contributed by atoms with van der Waals surface area (Å²) in [5.74, 6) is -0.0576. The Morgan fingerprint density at radius 2 is 2.27 bits per heavy atom. The normalized spacial score (nSPS) is 9.93. The van der Waals surface area contributed by atoms with E-state index in [1.807, 2.05) is 0 Å². The van der Waals surface area contributed by atoms with E-state index in [2.05, 4.69) is 24.9 Å². The van der Waals surface area contributed by atoms with Gasteiger partial charge in [0, 0.05) is 5.38 Å². The minimum atomic E-state index is -0.375. The van der Waals surface area contributed by atoms with Crippen LogP contribution in [0.15, 0.2) is 17.8 Å². The number of amides is 1. The van der Waals surface area contributed by atoms with Crippen molar-refractivity contribution in [1.82, 2.24) is 19.6 Å². The summed E-state index contributed by atoms with van der Waals surface area (Å²) in [5, 5.41) is 7.92. The van der Waals surface area contributed by atoms with E-state index in [1.165, 1.54) is 12.4 Å². The first-order chi connectivity index (χ1) is 7.25. The van der Waals surface area contributed by atoms with Gasteiger partial charge in [0.25, 0.3) is 5.91 Å². The molecule has 0 aliphatic heterocycles. The van der Waals surface area contributed by atoms with E-state index in [0.29, 0.717) is 5.82 Å². The average Bonchev–Trinajstić information content (AvgIpc) is 2.74. The molecule has 0 spiro atoms. The molecule has 2 heterocycles. The minimum Gasteiger partial charge on any atom is -0.304 e. The van der Waals surface area contributed by atoms with Crippen molar-refractivity contribution in [2.24, 2.45) is 0 Å². The van der Waals surface area contributed by atoms with Gasteiger partial charge in [-0.15, -0.1) is 5.10 Å². The Hall–Kier alpha value is -1.60. The number of aromatic nitrogens is 4. The van der Waals surface area contributed by atoms with Gasteiger partial charge in [0.05, 0.1) is 12.4 Å². The fourth-order valence-corrected chi connectivity index (χ4v) is 1.35. The van der Waals surface area contributed by atoms with Crippen LogP contribution in [0.4, 0.5) is 5.82 Å². The number of halogens is 1. The maximum Gasteiger partial charge on any atom is 0.278 e. The molecule has 0 aliphatic rings. The predicted molar refractivity (Wildman–Crippen MR) is 54.9 cm³/mol. The van der Waals surface area contributed by atoms with Gasteiger partial charge in [-0.25, -0.2) is 9.97 Å². The van der Waals surface area contributed by atoms with E-state index >= 15 is 0 Å². The number of nitrogens with one attached hydrogen (secondary N) is 1. The standard InChI is InChI=1S/C7H4ClN5OS/c8-5-1-10-6(2-9-5)11-7(14)4-3-15-13-12-4/h1-3H,(H,10,11,14). The lowest BCUT2D eigenvalue weighted by Gasteiger charge is -2.00. The Labute approximate surface area is 93.5 Å². The highest BCUT2D eigenvalue weighted by molar-refractivity contribution is 7.03. The highest BCUT2D eigenvalue weighted by Crippen LogP contribution is 2.07. The van der Waals surface area contributed by atoms with Crippen molar-refractivity contribution in [1.29, 1.82) is 0 Å². The van der Waals surface area contributed by atoms with E-state index in [4.69, 9.17) is 11.6 Å². The highest BCUT2D eigenvalue weighted by Gasteiger charge is 2.09. The molecule has 0 aliphatic carbocycles. The maximum atomic E-state index is 11.5. The molecule has 2 rings (SSSR count). The van der Waals surface area contributed by atoms with Gasteiger partial charge >= 0.3 is 0 Å². The zero-order valence-corrected chi connectivity index (χ0v) is 8.79. The van der Waals surface area contributed by atoms with Crippen molar-refractivity contribution in [3.8, 4) is 0 Å². The van der Waals surface area contributed by atoms with Gasteiger partial charge in [0.15, 0.2) is 11.5 Å². The SMILES string of the molecule is O=C(Nc1cnc(Cl)cn1)c1csnn1. The lowest BCUT2D eigenvalue weighted by atomic mass is 10.4. The summed E-state index contributed by atoms with van der Waals surface area (Å²) >= 11 is 6.64. The summed E-state index contributed by atoms with van der Waals surface area (Å²) in [7, 11) is 0. The molecule has 6 nitrogen and oxygen atoms in total. The van der Waals surface area contributed by atoms with E-state index < -0.39 is 0 Å². The molecule has 0 aromatic carbocycles. The van der Waals surface area contributed by atoms with Crippen LogP contribution in [0.3, 0.4) is 0 Å². The Morgan fingerprint density at radius 1 is 1.40 bits per heavy atom. The first-order valence-electron chi connectivity index (χ1n) is 3.81. The van der Waals surface area contributed by atoms with Gasteiger partial charge in [0.1, 0.15) is 5.15 Å². The van der Waals surface area contributed by atoms with Crippen LogP contribution < -0.4 is 5.32 Å². The summed E-state index contributed by atoms with van der Waals surface area (Å²) in [6, 6.07) is 0. The van der Waals surface area contributed by atoms with Crippen molar-refractivity contribution in [3.63, 3.8) is 0 Å². The average molecular weight is 242 g/mol. The molecular formula is C7H4ClN5OS. The van der Waals surface area contributed by atoms with E-state index in [-0.39, 0.29) is 16.8 Å². The second-order valence-electron chi connectivity index (χ2n) is 2.47. The summed E-state index contributed by atoms with van der Waals surface area (Å²) in [6.07, 6.45) is 2.70. The lowest BCUT2D eigenvalue weighted by Crippen LogP contribution is -2.13. The number of anilines is 1. The molecule has 15 heavy (non-hydrogen) atoms. The maximum absolute atomic E-state index is 11.5. The topological polar surface area (TPSA) is 80.7 Å². The zero-order valence-electron chi connectivity index (χ0n) is 7.22. The number of nitrogens with zero attached hydrogens (tertiary/aromatic N) is 4. The highest BCUT2D eigenvalue weighted by atomic mass is 35.5. The number of rotatable bonds is 2. The first kappa shape index (κ1) is 9.94. The molecule has 0 saturated carbocycles. The van der Waals surface area contributed by atoms with Crippen LogP contribution in [0.25, 0.3) is 0 Å². The van der Waals surface area contributed by atoms with E-state index in [0.717, 1.165) is 11.5 Å². The van der Waals surface area contributed by atoms with Crippen LogP contribution in [0.1, 0.15) is 10.5 Å². The number of hydrogen-bond donors (Lipinski definition) is 1. The van der Waals surface area contributed by atoms with Crippen LogP contribution >= 0.6 is 23.1 Å². The molecular weight excluding hydrogens is 238 g/mol. The van der Waals surface area contributed by atoms with Crippen LogP contribution in [0, 0.1) is 0 Å². The van der Waals surface area contributed by atoms with Crippen molar-refractivity contribution in [2.75, 3.05) is 5.32 Å². The van der Waals surface area contributed by atoms with Crippen molar-refractivity contribution in [3.05, 3.63) is 28.6 Å². The molecule has 0 fully saturated rings. The molecule has 1 N–H and O–H groups in total. The second-order valence-corrected chi connectivity index (χ2v) is 3.47. The van der Waals surface area contributed by atoms with Crippen LogP contribution in [0.2, 0.25) is 5.15 Å². The van der Waals surface area contributed by atoms with Gasteiger partial charge in [-0.1, -0.05) is 16.1 Å². The largest absolute Gasteiger partial charge is 0.304 e. The zero-order chi connectivity index (χ0) is 10.7. The summed E-state index contributed by atoms with van der Waals surface area (Å²) in [6.45, 7) is 0. The molecule has 0 radical (unpaired) electrons. The molecule has 1 amide bonds. The molecule has 2 aromatic heterocycles. The summed E-state index contributed by atoms with van der Waals surface area (Å²) in [5.41, 5.74) is 0.247. The third-order valence-corrected chi connectivity index (χ3v) is 2.15. The smallest absolute Gasteiger partial charge is 0.278 e. The Kier molecular flexibility index (Phi) is 2.84. The predicted octanol–water partition coefficient (Wildman–Crippen LogP) is 1.23. The van der Waals surface area contributed by atoms with Gasteiger partial charge in [-0.2, -0.15) is 0 Å². The van der Waals surface area contributed by atoms with E-state index in [1.54, 1.807) is 5.38 Å². The lowest BCUT2D eigenvalue weighted by molar-refractivity contribution is 0.102. The van der Waals surface area contributed by atoms with Crippen LogP contribution in [0.5, 0.6) is 0 Å². The Balaban J connectivity index is 2.09. The monoisotopic (exact) mass is 241 g/mol. The molecule has 0 bridgehead atoms. The quantitative estimate of drug-likeness (QED) is 0.855. The van der Waals surface area contributed by atoms with Crippen LogP contribution in [-0.4, -0.2) is 25.5 Å².